The predicted molar refractivity (Wildman–Crippen MR) is 64.6 cm³/mol. The first-order valence-electron chi connectivity index (χ1n) is 5.06. The van der Waals surface area contributed by atoms with Crippen LogP contribution in [0.4, 0.5) is 16.2 Å². The first-order valence-corrected chi connectivity index (χ1v) is 5.06. The molecule has 0 fully saturated rings. The van der Waals surface area contributed by atoms with Gasteiger partial charge in [0, 0.05) is 6.20 Å². The van der Waals surface area contributed by atoms with Crippen LogP contribution in [0.3, 0.4) is 0 Å². The second-order valence-corrected chi connectivity index (χ2v) is 3.42. The smallest absolute Gasteiger partial charge is 0.337 e. The summed E-state index contributed by atoms with van der Waals surface area (Å²) in [6.45, 7) is 0. The lowest BCUT2D eigenvalue weighted by Crippen LogP contribution is -2.20. The normalized spacial score (nSPS) is 9.78. The molecule has 0 radical (unpaired) electrons. The Morgan fingerprint density at radius 1 is 1.22 bits per heavy atom. The minimum atomic E-state index is -1.10. The maximum atomic E-state index is 11.6. The summed E-state index contributed by atoms with van der Waals surface area (Å²) in [5.41, 5.74) is 0.742. The highest BCUT2D eigenvalue weighted by atomic mass is 16.4. The van der Waals surface area contributed by atoms with Gasteiger partial charge in [-0.15, -0.1) is 0 Å². The molecule has 0 spiro atoms. The van der Waals surface area contributed by atoms with Gasteiger partial charge < -0.3 is 15.7 Å². The van der Waals surface area contributed by atoms with E-state index in [1.807, 2.05) is 0 Å². The lowest BCUT2D eigenvalue weighted by atomic mass is 10.2. The van der Waals surface area contributed by atoms with Crippen molar-refractivity contribution in [1.29, 1.82) is 0 Å². The largest absolute Gasteiger partial charge is 0.478 e. The standard InChI is InChI=1S/C11H10N4O3/c16-10(17)8-3-1-2-4-9(8)15-11(18)14-7-5-12-13-6-7/h1-6H,(H,12,13)(H,16,17)(H2,14,15,18). The number of nitrogens with one attached hydrogen (secondary N) is 3. The molecule has 0 aliphatic carbocycles. The van der Waals surface area contributed by atoms with Gasteiger partial charge in [0.15, 0.2) is 0 Å². The summed E-state index contributed by atoms with van der Waals surface area (Å²) in [6.07, 6.45) is 2.94. The van der Waals surface area contributed by atoms with Crippen LogP contribution in [-0.4, -0.2) is 27.3 Å². The van der Waals surface area contributed by atoms with Gasteiger partial charge in [0.1, 0.15) is 0 Å². The number of rotatable bonds is 3. The van der Waals surface area contributed by atoms with Gasteiger partial charge in [0.05, 0.1) is 23.1 Å². The van der Waals surface area contributed by atoms with Gasteiger partial charge in [0.2, 0.25) is 0 Å². The van der Waals surface area contributed by atoms with Crippen LogP contribution in [0.25, 0.3) is 0 Å². The number of benzene rings is 1. The molecule has 2 amide bonds. The fourth-order valence-electron chi connectivity index (χ4n) is 1.38. The Bertz CT molecular complexity index is 565. The maximum absolute atomic E-state index is 11.6. The van der Waals surface area contributed by atoms with E-state index in [1.54, 1.807) is 12.1 Å². The number of carboxylic acids is 1. The first kappa shape index (κ1) is 11.6. The molecule has 0 aliphatic heterocycles. The van der Waals surface area contributed by atoms with Gasteiger partial charge in [-0.05, 0) is 12.1 Å². The Labute approximate surface area is 102 Å². The van der Waals surface area contributed by atoms with Gasteiger partial charge in [-0.2, -0.15) is 5.10 Å². The molecule has 0 atom stereocenters. The average molecular weight is 246 g/mol. The molecule has 92 valence electrons. The Balaban J connectivity index is 2.09. The van der Waals surface area contributed by atoms with Crippen LogP contribution in [0.1, 0.15) is 10.4 Å². The number of amides is 2. The maximum Gasteiger partial charge on any atom is 0.337 e. The highest BCUT2D eigenvalue weighted by Crippen LogP contribution is 2.15. The number of carbonyl (C=O) groups excluding carboxylic acids is 1. The lowest BCUT2D eigenvalue weighted by Gasteiger charge is -2.08. The van der Waals surface area contributed by atoms with Crippen LogP contribution in [0, 0.1) is 0 Å². The van der Waals surface area contributed by atoms with Crippen molar-refractivity contribution in [3.8, 4) is 0 Å². The number of H-pyrrole nitrogens is 1. The van der Waals surface area contributed by atoms with E-state index < -0.39 is 12.0 Å². The second kappa shape index (κ2) is 5.00. The average Bonchev–Trinajstić information content (AvgIpc) is 2.82. The number of para-hydroxylation sites is 1. The summed E-state index contributed by atoms with van der Waals surface area (Å²) in [6, 6.07) is 5.61. The molecule has 4 N–H and O–H groups in total. The molecule has 2 aromatic rings. The Kier molecular flexibility index (Phi) is 3.24. The van der Waals surface area contributed by atoms with Crippen molar-refractivity contribution < 1.29 is 14.7 Å². The van der Waals surface area contributed by atoms with Crippen LogP contribution in [0.2, 0.25) is 0 Å². The summed E-state index contributed by atoms with van der Waals surface area (Å²) in [4.78, 5) is 22.5. The fourth-order valence-corrected chi connectivity index (χ4v) is 1.38. The van der Waals surface area contributed by atoms with E-state index in [0.29, 0.717) is 5.69 Å². The quantitative estimate of drug-likeness (QED) is 0.661. The molecule has 7 heteroatoms. The van der Waals surface area contributed by atoms with Crippen molar-refractivity contribution in [2.24, 2.45) is 0 Å². The summed E-state index contributed by atoms with van der Waals surface area (Å²) >= 11 is 0. The van der Waals surface area contributed by atoms with E-state index in [9.17, 15) is 9.59 Å². The topological polar surface area (TPSA) is 107 Å². The van der Waals surface area contributed by atoms with Crippen LogP contribution in [0.5, 0.6) is 0 Å². The third-order valence-corrected chi connectivity index (χ3v) is 2.16. The van der Waals surface area contributed by atoms with Crippen molar-refractivity contribution in [3.63, 3.8) is 0 Å². The summed E-state index contributed by atoms with van der Waals surface area (Å²) in [5.74, 6) is -1.10. The zero-order valence-corrected chi connectivity index (χ0v) is 9.18. The van der Waals surface area contributed by atoms with Gasteiger partial charge in [-0.1, -0.05) is 12.1 Å². The van der Waals surface area contributed by atoms with Crippen LogP contribution >= 0.6 is 0 Å². The van der Waals surface area contributed by atoms with Crippen LogP contribution in [-0.2, 0) is 0 Å². The van der Waals surface area contributed by atoms with Gasteiger partial charge >= 0.3 is 12.0 Å². The molecule has 1 heterocycles. The SMILES string of the molecule is O=C(Nc1cn[nH]c1)Nc1ccccc1C(=O)O. The minimum Gasteiger partial charge on any atom is -0.478 e. The monoisotopic (exact) mass is 246 g/mol. The third-order valence-electron chi connectivity index (χ3n) is 2.16. The molecule has 0 unspecified atom stereocenters. The number of hydrogen-bond donors (Lipinski definition) is 4. The van der Waals surface area contributed by atoms with Gasteiger partial charge in [-0.25, -0.2) is 9.59 Å². The summed E-state index contributed by atoms with van der Waals surface area (Å²) in [5, 5.41) is 20.1. The van der Waals surface area contributed by atoms with E-state index >= 15 is 0 Å². The molecule has 0 saturated heterocycles. The number of aromatic carboxylic acids is 1. The Morgan fingerprint density at radius 2 is 2.00 bits per heavy atom. The number of carbonyl (C=O) groups is 2. The second-order valence-electron chi connectivity index (χ2n) is 3.42. The molecule has 2 rings (SSSR count). The number of carboxylic acid groups (broad SMARTS) is 1. The van der Waals surface area contributed by atoms with Gasteiger partial charge in [-0.3, -0.25) is 5.10 Å². The van der Waals surface area contributed by atoms with E-state index in [4.69, 9.17) is 5.11 Å². The lowest BCUT2D eigenvalue weighted by molar-refractivity contribution is 0.0698. The third kappa shape index (κ3) is 2.64. The van der Waals surface area contributed by atoms with Gasteiger partial charge in [0.25, 0.3) is 0 Å². The van der Waals surface area contributed by atoms with Crippen molar-refractivity contribution in [3.05, 3.63) is 42.2 Å². The molecule has 7 nitrogen and oxygen atoms in total. The van der Waals surface area contributed by atoms with Crippen LogP contribution in [0.15, 0.2) is 36.7 Å². The zero-order valence-electron chi connectivity index (χ0n) is 9.18. The van der Waals surface area contributed by atoms with Crippen molar-refractivity contribution >= 4 is 23.4 Å². The van der Waals surface area contributed by atoms with E-state index in [1.165, 1.54) is 24.5 Å². The fraction of sp³-hybridized carbons (Fsp3) is 0. The summed E-state index contributed by atoms with van der Waals surface area (Å²) in [7, 11) is 0. The summed E-state index contributed by atoms with van der Waals surface area (Å²) < 4.78 is 0. The first-order chi connectivity index (χ1) is 8.66. The van der Waals surface area contributed by atoms with Crippen molar-refractivity contribution in [2.75, 3.05) is 10.6 Å². The van der Waals surface area contributed by atoms with Crippen molar-refractivity contribution in [1.82, 2.24) is 10.2 Å². The molecule has 0 bridgehead atoms. The van der Waals surface area contributed by atoms with E-state index in [2.05, 4.69) is 20.8 Å². The molecule has 1 aromatic carbocycles. The Morgan fingerprint density at radius 3 is 2.67 bits per heavy atom. The zero-order chi connectivity index (χ0) is 13.0. The molecule has 18 heavy (non-hydrogen) atoms. The molecular formula is C11H10N4O3. The molecular weight excluding hydrogens is 236 g/mol. The molecule has 0 aliphatic rings. The molecule has 1 aromatic heterocycles. The van der Waals surface area contributed by atoms with Crippen LogP contribution < -0.4 is 10.6 Å². The van der Waals surface area contributed by atoms with E-state index in [-0.39, 0.29) is 11.3 Å². The number of anilines is 2. The number of nitrogens with zero attached hydrogens (tertiary/aromatic N) is 1. The van der Waals surface area contributed by atoms with Crippen molar-refractivity contribution in [2.45, 2.75) is 0 Å². The number of urea groups is 1. The number of hydrogen-bond acceptors (Lipinski definition) is 3. The number of aromatic amines is 1. The van der Waals surface area contributed by atoms with E-state index in [0.717, 1.165) is 0 Å². The Hall–Kier alpha value is -2.83. The minimum absolute atomic E-state index is 0.0276. The highest BCUT2D eigenvalue weighted by Gasteiger charge is 2.11. The highest BCUT2D eigenvalue weighted by molar-refractivity contribution is 6.04. The predicted octanol–water partition coefficient (Wildman–Crippen LogP) is 1.75. The molecule has 0 saturated carbocycles. The number of aromatic nitrogens is 2.